The first kappa shape index (κ1) is 22.6. The maximum atomic E-state index is 12.3. The third kappa shape index (κ3) is 6.40. The van der Waals surface area contributed by atoms with Gasteiger partial charge in [0.1, 0.15) is 5.00 Å². The Morgan fingerprint density at radius 2 is 1.76 bits per heavy atom. The van der Waals surface area contributed by atoms with Gasteiger partial charge in [-0.05, 0) is 25.0 Å². The minimum absolute atomic E-state index is 0.148. The predicted molar refractivity (Wildman–Crippen MR) is 111 cm³/mol. The maximum Gasteiger partial charge on any atom is 0.413 e. The van der Waals surface area contributed by atoms with Gasteiger partial charge in [-0.2, -0.15) is 0 Å². The number of hydrogen-bond acceptors (Lipinski definition) is 7. The minimum atomic E-state index is -3.47. The summed E-state index contributed by atoms with van der Waals surface area (Å²) < 4.78 is 28.9. The van der Waals surface area contributed by atoms with Crippen LogP contribution in [0.15, 0.2) is 30.3 Å². The summed E-state index contributed by atoms with van der Waals surface area (Å²) in [6.07, 6.45) is -1.16. The highest BCUT2D eigenvalue weighted by atomic mass is 32.2. The smallest absolute Gasteiger partial charge is 0.413 e. The fourth-order valence-corrected chi connectivity index (χ4v) is 4.95. The zero-order valence-electron chi connectivity index (χ0n) is 16.3. The molecule has 1 aromatic heterocycles. The lowest BCUT2D eigenvalue weighted by molar-refractivity contribution is -0.115. The molecular formula is C19H22N2O6S2. The number of methoxy groups -OCH3 is 1. The van der Waals surface area contributed by atoms with Gasteiger partial charge >= 0.3 is 6.09 Å². The van der Waals surface area contributed by atoms with E-state index >= 15 is 0 Å². The average molecular weight is 439 g/mol. The van der Waals surface area contributed by atoms with E-state index in [0.29, 0.717) is 11.1 Å². The monoisotopic (exact) mass is 438 g/mol. The molecule has 0 unspecified atom stereocenters. The van der Waals surface area contributed by atoms with Crippen LogP contribution >= 0.6 is 11.3 Å². The Labute approximate surface area is 173 Å². The van der Waals surface area contributed by atoms with E-state index in [0.717, 1.165) is 12.0 Å². The molecule has 0 saturated heterocycles. The molecule has 0 atom stereocenters. The third-order valence-electron chi connectivity index (χ3n) is 4.14. The highest BCUT2D eigenvalue weighted by molar-refractivity contribution is 7.90. The number of sulfone groups is 1. The van der Waals surface area contributed by atoms with Gasteiger partial charge in [0.05, 0.1) is 24.2 Å². The molecule has 156 valence electrons. The molecule has 29 heavy (non-hydrogen) atoms. The maximum absolute atomic E-state index is 12.3. The van der Waals surface area contributed by atoms with E-state index in [2.05, 4.69) is 15.4 Å². The summed E-state index contributed by atoms with van der Waals surface area (Å²) in [5, 5.41) is 4.90. The quantitative estimate of drug-likeness (QED) is 0.686. The van der Waals surface area contributed by atoms with Crippen LogP contribution in [-0.4, -0.2) is 39.2 Å². The molecule has 0 aliphatic heterocycles. The Hall–Kier alpha value is -2.72. The van der Waals surface area contributed by atoms with E-state index in [1.54, 1.807) is 44.2 Å². The molecule has 2 N–H and O–H groups in total. The van der Waals surface area contributed by atoms with Gasteiger partial charge in [-0.15, -0.1) is 11.3 Å². The van der Waals surface area contributed by atoms with Gasteiger partial charge in [-0.3, -0.25) is 14.9 Å². The van der Waals surface area contributed by atoms with E-state index in [9.17, 15) is 22.8 Å². The van der Waals surface area contributed by atoms with Gasteiger partial charge in [-0.1, -0.05) is 30.3 Å². The number of rotatable bonds is 7. The fraction of sp³-hybridized carbons (Fsp3) is 0.316. The number of carbonyl (C=O) groups is 3. The normalized spacial score (nSPS) is 11.0. The average Bonchev–Trinajstić information content (AvgIpc) is 2.94. The molecule has 8 nitrogen and oxygen atoms in total. The van der Waals surface area contributed by atoms with Gasteiger partial charge in [0.2, 0.25) is 5.91 Å². The Morgan fingerprint density at radius 3 is 2.38 bits per heavy atom. The number of aryl methyl sites for hydroxylation is 1. The first-order chi connectivity index (χ1) is 13.6. The third-order valence-corrected chi connectivity index (χ3v) is 6.86. The molecule has 3 amide bonds. The van der Waals surface area contributed by atoms with Crippen molar-refractivity contribution in [2.75, 3.05) is 18.2 Å². The van der Waals surface area contributed by atoms with E-state index in [4.69, 9.17) is 0 Å². The van der Waals surface area contributed by atoms with Crippen molar-refractivity contribution in [1.82, 2.24) is 5.32 Å². The van der Waals surface area contributed by atoms with Crippen LogP contribution in [0.4, 0.5) is 9.80 Å². The van der Waals surface area contributed by atoms with Crippen molar-refractivity contribution < 1.29 is 27.5 Å². The van der Waals surface area contributed by atoms with E-state index in [1.807, 2.05) is 0 Å². The zero-order chi connectivity index (χ0) is 21.6. The number of anilines is 1. The summed E-state index contributed by atoms with van der Waals surface area (Å²) in [6, 6.07) is 8.71. The number of ether oxygens (including phenoxy) is 1. The van der Waals surface area contributed by atoms with Crippen LogP contribution in [0, 0.1) is 13.8 Å². The summed E-state index contributed by atoms with van der Waals surface area (Å²) in [5.41, 5.74) is 1.42. The summed E-state index contributed by atoms with van der Waals surface area (Å²) >= 11 is 1.17. The molecule has 2 rings (SSSR count). The van der Waals surface area contributed by atoms with Crippen LogP contribution in [0.5, 0.6) is 0 Å². The number of carbonyl (C=O) groups excluding carboxylic acids is 3. The van der Waals surface area contributed by atoms with Crippen molar-refractivity contribution in [1.29, 1.82) is 0 Å². The zero-order valence-corrected chi connectivity index (χ0v) is 17.9. The van der Waals surface area contributed by atoms with Crippen molar-refractivity contribution in [3.63, 3.8) is 0 Å². The van der Waals surface area contributed by atoms with Crippen LogP contribution in [0.25, 0.3) is 0 Å². The van der Waals surface area contributed by atoms with E-state index < -0.39 is 27.7 Å². The predicted octanol–water partition coefficient (Wildman–Crippen LogP) is 2.80. The summed E-state index contributed by atoms with van der Waals surface area (Å²) in [7, 11) is -2.34. The SMILES string of the molecule is COC(=O)NC(=O)c1c(NC(=O)CCS(=O)(=O)Cc2ccccc2)sc(C)c1C. The van der Waals surface area contributed by atoms with Crippen molar-refractivity contribution in [3.05, 3.63) is 51.9 Å². The Balaban J connectivity index is 2.04. The van der Waals surface area contributed by atoms with Crippen molar-refractivity contribution in [2.45, 2.75) is 26.0 Å². The van der Waals surface area contributed by atoms with E-state index in [1.165, 1.54) is 11.3 Å². The summed E-state index contributed by atoms with van der Waals surface area (Å²) in [5.74, 6) is -1.70. The second-order valence-corrected chi connectivity index (χ2v) is 9.72. The van der Waals surface area contributed by atoms with Crippen LogP contribution in [-0.2, 0) is 25.1 Å². The van der Waals surface area contributed by atoms with E-state index in [-0.39, 0.29) is 28.5 Å². The second-order valence-electron chi connectivity index (χ2n) is 6.31. The molecule has 2 aromatic rings. The molecule has 10 heteroatoms. The van der Waals surface area contributed by atoms with Gasteiger partial charge in [0.25, 0.3) is 5.91 Å². The number of imide groups is 1. The first-order valence-electron chi connectivity index (χ1n) is 8.66. The molecule has 0 fully saturated rings. The number of hydrogen-bond donors (Lipinski definition) is 2. The number of nitrogens with one attached hydrogen (secondary N) is 2. The molecule has 0 saturated carbocycles. The lowest BCUT2D eigenvalue weighted by Gasteiger charge is -2.08. The lowest BCUT2D eigenvalue weighted by Crippen LogP contribution is -2.31. The molecule has 0 spiro atoms. The molecule has 0 aliphatic rings. The van der Waals surface area contributed by atoms with Gasteiger partial charge in [-0.25, -0.2) is 13.2 Å². The highest BCUT2D eigenvalue weighted by Crippen LogP contribution is 2.32. The fourth-order valence-electron chi connectivity index (χ4n) is 2.53. The Kier molecular flexibility index (Phi) is 7.52. The van der Waals surface area contributed by atoms with Crippen LogP contribution in [0.1, 0.15) is 32.8 Å². The number of thiophene rings is 1. The molecule has 1 aromatic carbocycles. The van der Waals surface area contributed by atoms with Crippen LogP contribution in [0.2, 0.25) is 0 Å². The van der Waals surface area contributed by atoms with Gasteiger partial charge < -0.3 is 10.1 Å². The van der Waals surface area contributed by atoms with Crippen molar-refractivity contribution >= 4 is 44.1 Å². The van der Waals surface area contributed by atoms with Crippen LogP contribution in [0.3, 0.4) is 0 Å². The standard InChI is InChI=1S/C19H22N2O6S2/c1-12-13(2)28-18(16(12)17(23)21-19(24)27-3)20-15(22)9-10-29(25,26)11-14-7-5-4-6-8-14/h4-8H,9-11H2,1-3H3,(H,20,22)(H,21,23,24). The topological polar surface area (TPSA) is 119 Å². The van der Waals surface area contributed by atoms with Gasteiger partial charge in [0.15, 0.2) is 9.84 Å². The van der Waals surface area contributed by atoms with Crippen molar-refractivity contribution in [3.8, 4) is 0 Å². The molecule has 0 bridgehead atoms. The number of amides is 3. The molecule has 1 heterocycles. The largest absolute Gasteiger partial charge is 0.453 e. The van der Waals surface area contributed by atoms with Gasteiger partial charge in [0, 0.05) is 11.3 Å². The number of alkyl carbamates (subject to hydrolysis) is 1. The molecular weight excluding hydrogens is 416 g/mol. The number of benzene rings is 1. The minimum Gasteiger partial charge on any atom is -0.453 e. The molecule has 0 radical (unpaired) electrons. The Bertz CT molecular complexity index is 1010. The highest BCUT2D eigenvalue weighted by Gasteiger charge is 2.23. The van der Waals surface area contributed by atoms with Crippen LogP contribution < -0.4 is 10.6 Å². The summed E-state index contributed by atoms with van der Waals surface area (Å²) in [6.45, 7) is 3.47. The molecule has 0 aliphatic carbocycles. The first-order valence-corrected chi connectivity index (χ1v) is 11.3. The van der Waals surface area contributed by atoms with Crippen molar-refractivity contribution in [2.24, 2.45) is 0 Å². The second kappa shape index (κ2) is 9.66. The Morgan fingerprint density at radius 1 is 1.10 bits per heavy atom. The lowest BCUT2D eigenvalue weighted by atomic mass is 10.1. The summed E-state index contributed by atoms with van der Waals surface area (Å²) in [4.78, 5) is 36.7.